The van der Waals surface area contributed by atoms with Gasteiger partial charge in [0.15, 0.2) is 0 Å². The Hall–Kier alpha value is -1.91. The number of carbonyl (C=O) groups is 1. The first-order valence-electron chi connectivity index (χ1n) is 7.72. The molecule has 2 aromatic heterocycles. The molecule has 4 rings (SSSR count). The average molecular weight is 284 g/mol. The fourth-order valence-corrected chi connectivity index (χ4v) is 4.41. The lowest BCUT2D eigenvalue weighted by Crippen LogP contribution is -2.46. The highest BCUT2D eigenvalue weighted by Crippen LogP contribution is 2.42. The van der Waals surface area contributed by atoms with Crippen LogP contribution in [-0.4, -0.2) is 37.4 Å². The highest BCUT2D eigenvalue weighted by molar-refractivity contribution is 5.75. The molecule has 4 heterocycles. The molecule has 2 unspecified atom stereocenters. The number of nitrogens with zero attached hydrogens (tertiary/aromatic N) is 4. The minimum absolute atomic E-state index is 0.234. The predicted molar refractivity (Wildman–Crippen MR) is 79.9 cm³/mol. The maximum Gasteiger partial charge on any atom is 0.219 e. The number of rotatable bonds is 1. The van der Waals surface area contributed by atoms with E-state index in [0.29, 0.717) is 18.1 Å². The van der Waals surface area contributed by atoms with Gasteiger partial charge in [-0.15, -0.1) is 0 Å². The number of pyridine rings is 1. The van der Waals surface area contributed by atoms with Gasteiger partial charge in [0.25, 0.3) is 0 Å². The molecule has 2 aliphatic heterocycles. The molecule has 0 N–H and O–H groups in total. The van der Waals surface area contributed by atoms with Gasteiger partial charge in [0.2, 0.25) is 5.91 Å². The Balaban J connectivity index is 1.72. The first-order chi connectivity index (χ1) is 10.1. The summed E-state index contributed by atoms with van der Waals surface area (Å²) in [7, 11) is 0. The second kappa shape index (κ2) is 4.55. The van der Waals surface area contributed by atoms with E-state index in [9.17, 15) is 4.79 Å². The van der Waals surface area contributed by atoms with Crippen LogP contribution in [0.5, 0.6) is 0 Å². The Morgan fingerprint density at radius 1 is 1.24 bits per heavy atom. The van der Waals surface area contributed by atoms with Gasteiger partial charge in [-0.05, 0) is 38.7 Å². The van der Waals surface area contributed by atoms with Crippen molar-refractivity contribution in [1.29, 1.82) is 0 Å². The SMILES string of the molecule is CC(=O)N1C2CC[C@H]1CC(n1c(C)nc3cnccc31)C2. The zero-order chi connectivity index (χ0) is 14.6. The third kappa shape index (κ3) is 1.87. The summed E-state index contributed by atoms with van der Waals surface area (Å²) in [6.07, 6.45) is 8.05. The molecule has 2 fully saturated rings. The van der Waals surface area contributed by atoms with Crippen molar-refractivity contribution in [2.24, 2.45) is 0 Å². The third-order valence-electron chi connectivity index (χ3n) is 5.11. The molecule has 1 amide bonds. The van der Waals surface area contributed by atoms with Gasteiger partial charge in [0.05, 0.1) is 11.7 Å². The fraction of sp³-hybridized carbons (Fsp3) is 0.562. The number of aromatic nitrogens is 3. The zero-order valence-electron chi connectivity index (χ0n) is 12.5. The van der Waals surface area contributed by atoms with Gasteiger partial charge in [-0.1, -0.05) is 0 Å². The Morgan fingerprint density at radius 3 is 2.62 bits per heavy atom. The zero-order valence-corrected chi connectivity index (χ0v) is 12.5. The molecule has 2 aromatic rings. The number of aryl methyl sites for hydroxylation is 1. The van der Waals surface area contributed by atoms with Crippen molar-refractivity contribution < 1.29 is 4.79 Å². The Labute approximate surface area is 124 Å². The molecular formula is C16H20N4O. The van der Waals surface area contributed by atoms with Crippen molar-refractivity contribution in [3.8, 4) is 0 Å². The summed E-state index contributed by atoms with van der Waals surface area (Å²) < 4.78 is 2.36. The van der Waals surface area contributed by atoms with E-state index in [2.05, 4.69) is 32.4 Å². The summed E-state index contributed by atoms with van der Waals surface area (Å²) in [5.41, 5.74) is 2.14. The summed E-state index contributed by atoms with van der Waals surface area (Å²) in [5.74, 6) is 1.29. The second-order valence-electron chi connectivity index (χ2n) is 6.33. The second-order valence-corrected chi connectivity index (χ2v) is 6.33. The van der Waals surface area contributed by atoms with Crippen LogP contribution >= 0.6 is 0 Å². The number of fused-ring (bicyclic) bond motifs is 3. The maximum atomic E-state index is 11.8. The summed E-state index contributed by atoms with van der Waals surface area (Å²) >= 11 is 0. The molecule has 0 radical (unpaired) electrons. The monoisotopic (exact) mass is 284 g/mol. The molecule has 2 aliphatic rings. The Morgan fingerprint density at radius 2 is 1.95 bits per heavy atom. The van der Waals surface area contributed by atoms with Crippen molar-refractivity contribution in [1.82, 2.24) is 19.4 Å². The quantitative estimate of drug-likeness (QED) is 0.808. The molecule has 0 spiro atoms. The molecule has 2 bridgehead atoms. The molecule has 0 saturated carbocycles. The molecule has 21 heavy (non-hydrogen) atoms. The molecule has 0 aromatic carbocycles. The minimum atomic E-state index is 0.234. The first kappa shape index (κ1) is 12.8. The Kier molecular flexibility index (Phi) is 2.77. The van der Waals surface area contributed by atoms with Crippen molar-refractivity contribution in [3.05, 3.63) is 24.3 Å². The number of carbonyl (C=O) groups excluding carboxylic acids is 1. The molecule has 2 saturated heterocycles. The van der Waals surface area contributed by atoms with Gasteiger partial charge in [0, 0.05) is 31.2 Å². The smallest absolute Gasteiger partial charge is 0.219 e. The van der Waals surface area contributed by atoms with Gasteiger partial charge in [-0.25, -0.2) is 4.98 Å². The third-order valence-corrected chi connectivity index (χ3v) is 5.11. The first-order valence-corrected chi connectivity index (χ1v) is 7.72. The van der Waals surface area contributed by atoms with E-state index >= 15 is 0 Å². The summed E-state index contributed by atoms with van der Waals surface area (Å²) in [6.45, 7) is 3.77. The maximum absolute atomic E-state index is 11.8. The van der Waals surface area contributed by atoms with Crippen molar-refractivity contribution in [3.63, 3.8) is 0 Å². The van der Waals surface area contributed by atoms with Crippen molar-refractivity contribution in [2.45, 2.75) is 57.7 Å². The van der Waals surface area contributed by atoms with Crippen LogP contribution in [0.1, 0.15) is 44.5 Å². The Bertz CT molecular complexity index is 693. The van der Waals surface area contributed by atoms with E-state index in [-0.39, 0.29) is 5.91 Å². The van der Waals surface area contributed by atoms with E-state index in [0.717, 1.165) is 37.0 Å². The van der Waals surface area contributed by atoms with Crippen molar-refractivity contribution in [2.75, 3.05) is 0 Å². The highest BCUT2D eigenvalue weighted by atomic mass is 16.2. The minimum Gasteiger partial charge on any atom is -0.337 e. The number of hydrogen-bond donors (Lipinski definition) is 0. The highest BCUT2D eigenvalue weighted by Gasteiger charge is 2.42. The van der Waals surface area contributed by atoms with Crippen LogP contribution in [0.25, 0.3) is 11.0 Å². The van der Waals surface area contributed by atoms with Gasteiger partial charge < -0.3 is 9.47 Å². The van der Waals surface area contributed by atoms with Gasteiger partial charge in [-0.2, -0.15) is 0 Å². The van der Waals surface area contributed by atoms with E-state index < -0.39 is 0 Å². The summed E-state index contributed by atoms with van der Waals surface area (Å²) in [5, 5.41) is 0. The lowest BCUT2D eigenvalue weighted by atomic mass is 9.96. The van der Waals surface area contributed by atoms with Crippen LogP contribution in [0.2, 0.25) is 0 Å². The molecule has 110 valence electrons. The normalized spacial score (nSPS) is 28.3. The number of amides is 1. The molecule has 0 aliphatic carbocycles. The molecular weight excluding hydrogens is 264 g/mol. The van der Waals surface area contributed by atoms with Gasteiger partial charge in [-0.3, -0.25) is 9.78 Å². The van der Waals surface area contributed by atoms with Gasteiger partial charge >= 0.3 is 0 Å². The summed E-state index contributed by atoms with van der Waals surface area (Å²) in [4.78, 5) is 22.7. The van der Waals surface area contributed by atoms with Crippen LogP contribution in [0.15, 0.2) is 18.5 Å². The van der Waals surface area contributed by atoms with E-state index in [1.54, 1.807) is 6.92 Å². The number of imidazole rings is 1. The standard InChI is InChI=1S/C16H20N4O/c1-10-18-15-9-17-6-5-16(15)19(10)14-7-12-3-4-13(8-14)20(12)11(2)21/h5-6,9,12-14H,3-4,7-8H2,1-2H3/t12-,13?,14?/m0/s1. The van der Waals surface area contributed by atoms with Crippen molar-refractivity contribution >= 4 is 16.9 Å². The predicted octanol–water partition coefficient (Wildman–Crippen LogP) is 2.45. The topological polar surface area (TPSA) is 51.0 Å². The lowest BCUT2D eigenvalue weighted by molar-refractivity contribution is -0.133. The van der Waals surface area contributed by atoms with Gasteiger partial charge in [0.1, 0.15) is 11.3 Å². The number of piperidine rings is 1. The van der Waals surface area contributed by atoms with E-state index in [1.165, 1.54) is 5.52 Å². The van der Waals surface area contributed by atoms with Crippen LogP contribution in [0.3, 0.4) is 0 Å². The van der Waals surface area contributed by atoms with E-state index in [1.807, 2.05) is 12.4 Å². The van der Waals surface area contributed by atoms with Crippen LogP contribution < -0.4 is 0 Å². The average Bonchev–Trinajstić information content (AvgIpc) is 2.92. The molecule has 5 heteroatoms. The van der Waals surface area contributed by atoms with Crippen LogP contribution in [0, 0.1) is 6.92 Å². The van der Waals surface area contributed by atoms with Crippen LogP contribution in [-0.2, 0) is 4.79 Å². The lowest BCUT2D eigenvalue weighted by Gasteiger charge is -2.39. The fourth-order valence-electron chi connectivity index (χ4n) is 4.41. The largest absolute Gasteiger partial charge is 0.337 e. The number of hydrogen-bond acceptors (Lipinski definition) is 3. The summed E-state index contributed by atoms with van der Waals surface area (Å²) in [6, 6.07) is 3.31. The molecule has 3 atom stereocenters. The van der Waals surface area contributed by atoms with Crippen LogP contribution in [0.4, 0.5) is 0 Å². The molecule has 5 nitrogen and oxygen atoms in total. The van der Waals surface area contributed by atoms with E-state index in [4.69, 9.17) is 0 Å².